The van der Waals surface area contributed by atoms with Gasteiger partial charge in [0.25, 0.3) is 5.91 Å². The van der Waals surface area contributed by atoms with Gasteiger partial charge in [0.05, 0.1) is 0 Å². The minimum atomic E-state index is -1.14. The van der Waals surface area contributed by atoms with Crippen LogP contribution in [0.3, 0.4) is 0 Å². The molecule has 0 spiro atoms. The molecule has 0 bridgehead atoms. The number of carbonyl (C=O) groups is 2. The molecule has 2 atom stereocenters. The number of aliphatic hydroxyl groups is 1. The average Bonchev–Trinajstić information content (AvgIpc) is 2.96. The maximum atomic E-state index is 11.6. The van der Waals surface area contributed by atoms with E-state index in [9.17, 15) is 19.8 Å². The lowest BCUT2D eigenvalue weighted by atomic mass is 10.1. The molecule has 1 aromatic heterocycles. The Morgan fingerprint density at radius 2 is 2.40 bits per heavy atom. The molecule has 0 saturated carbocycles. The minimum Gasteiger partial charge on any atom is -0.477 e. The van der Waals surface area contributed by atoms with Crippen LogP contribution in [0.15, 0.2) is 21.9 Å². The van der Waals surface area contributed by atoms with Gasteiger partial charge in [-0.25, -0.2) is 9.78 Å². The van der Waals surface area contributed by atoms with Gasteiger partial charge in [0.15, 0.2) is 10.4 Å². The molecule has 7 nitrogen and oxygen atoms in total. The van der Waals surface area contributed by atoms with Crippen molar-refractivity contribution in [3.8, 4) is 0 Å². The molecular formula is C10H9N3O4S3. The Morgan fingerprint density at radius 1 is 1.60 bits per heavy atom. The topological polar surface area (TPSA) is 104 Å². The Morgan fingerprint density at radius 3 is 3.05 bits per heavy atom. The van der Waals surface area contributed by atoms with Crippen molar-refractivity contribution in [1.82, 2.24) is 14.3 Å². The molecule has 0 unspecified atom stereocenters. The molecule has 0 aliphatic carbocycles. The Bertz CT molecular complexity index is 589. The number of thioether (sulfide) groups is 2. The molecule has 0 radical (unpaired) electrons. The van der Waals surface area contributed by atoms with E-state index >= 15 is 0 Å². The lowest BCUT2D eigenvalue weighted by Gasteiger charge is -2.47. The van der Waals surface area contributed by atoms with Gasteiger partial charge in [-0.3, -0.25) is 9.69 Å². The van der Waals surface area contributed by atoms with Crippen molar-refractivity contribution in [3.63, 3.8) is 0 Å². The third-order valence-corrected chi connectivity index (χ3v) is 6.14. The molecule has 0 aromatic carbocycles. The van der Waals surface area contributed by atoms with Crippen LogP contribution in [0.25, 0.3) is 0 Å². The van der Waals surface area contributed by atoms with E-state index in [-0.39, 0.29) is 5.70 Å². The number of aliphatic hydroxyl groups excluding tert-OH is 1. The Balaban J connectivity index is 1.82. The molecule has 3 rings (SSSR count). The van der Waals surface area contributed by atoms with E-state index in [0.717, 1.165) is 4.34 Å². The molecular weight excluding hydrogens is 322 g/mol. The number of nitrogens with zero attached hydrogens (tertiary/aromatic N) is 3. The van der Waals surface area contributed by atoms with Gasteiger partial charge in [-0.15, -0.1) is 11.8 Å². The Hall–Kier alpha value is -1.10. The summed E-state index contributed by atoms with van der Waals surface area (Å²) < 4.78 is 4.63. The standard InChI is InChI=1S/C10H9N3O4S3/c14-6-7(15)13-5(9(16)17)4(1-18-8(6)13)2-19-10-11-3-12-20-10/h3,6,8,14H,1-2H2,(H,16,17)/t6-,8-/m1/s1. The van der Waals surface area contributed by atoms with E-state index in [0.29, 0.717) is 17.1 Å². The van der Waals surface area contributed by atoms with Gasteiger partial charge in [-0.05, 0) is 17.1 Å². The highest BCUT2D eigenvalue weighted by molar-refractivity contribution is 8.01. The van der Waals surface area contributed by atoms with E-state index < -0.39 is 23.4 Å². The first kappa shape index (κ1) is 13.9. The smallest absolute Gasteiger partial charge is 0.352 e. The van der Waals surface area contributed by atoms with Crippen LogP contribution in [0, 0.1) is 0 Å². The summed E-state index contributed by atoms with van der Waals surface area (Å²) in [7, 11) is 0. The predicted octanol–water partition coefficient (Wildman–Crippen LogP) is 0.245. The molecule has 1 fully saturated rings. The van der Waals surface area contributed by atoms with Crippen molar-refractivity contribution in [1.29, 1.82) is 0 Å². The summed E-state index contributed by atoms with van der Waals surface area (Å²) in [6.07, 6.45) is 0.354. The van der Waals surface area contributed by atoms with Crippen LogP contribution in [0.1, 0.15) is 0 Å². The highest BCUT2D eigenvalue weighted by Crippen LogP contribution is 2.41. The van der Waals surface area contributed by atoms with Crippen LogP contribution >= 0.6 is 35.1 Å². The van der Waals surface area contributed by atoms with E-state index in [1.807, 2.05) is 0 Å². The van der Waals surface area contributed by atoms with Gasteiger partial charge < -0.3 is 10.2 Å². The van der Waals surface area contributed by atoms with Gasteiger partial charge in [0.2, 0.25) is 0 Å². The number of fused-ring (bicyclic) bond motifs is 1. The van der Waals surface area contributed by atoms with Crippen LogP contribution in [0.4, 0.5) is 0 Å². The fourth-order valence-electron chi connectivity index (χ4n) is 2.02. The fraction of sp³-hybridized carbons (Fsp3) is 0.400. The number of hydrogen-bond acceptors (Lipinski definition) is 8. The number of rotatable bonds is 4. The molecule has 1 aromatic rings. The number of carboxylic acid groups (broad SMARTS) is 1. The highest BCUT2D eigenvalue weighted by Gasteiger charge is 2.52. The van der Waals surface area contributed by atoms with E-state index in [4.69, 9.17) is 0 Å². The number of amides is 1. The third-order valence-electron chi connectivity index (χ3n) is 2.93. The maximum absolute atomic E-state index is 11.6. The molecule has 1 saturated heterocycles. The lowest BCUT2D eigenvalue weighted by molar-refractivity contribution is -0.159. The Labute approximate surface area is 126 Å². The van der Waals surface area contributed by atoms with Crippen molar-refractivity contribution in [3.05, 3.63) is 17.6 Å². The fourth-order valence-corrected chi connectivity index (χ4v) is 4.87. The van der Waals surface area contributed by atoms with Crippen LogP contribution in [-0.2, 0) is 9.59 Å². The van der Waals surface area contributed by atoms with Crippen molar-refractivity contribution in [2.75, 3.05) is 11.5 Å². The average molecular weight is 331 g/mol. The van der Waals surface area contributed by atoms with E-state index in [1.54, 1.807) is 0 Å². The van der Waals surface area contributed by atoms with Gasteiger partial charge in [-0.1, -0.05) is 11.8 Å². The van der Waals surface area contributed by atoms with Gasteiger partial charge in [-0.2, -0.15) is 4.37 Å². The SMILES string of the molecule is O=C(O)C1=C(CSc2ncns2)CS[C@@H]2[C@H](O)C(=O)N12. The van der Waals surface area contributed by atoms with Crippen molar-refractivity contribution >= 4 is 46.9 Å². The van der Waals surface area contributed by atoms with Gasteiger partial charge in [0.1, 0.15) is 17.4 Å². The zero-order valence-corrected chi connectivity index (χ0v) is 12.4. The Kier molecular flexibility index (Phi) is 3.71. The first-order valence-electron chi connectivity index (χ1n) is 5.57. The minimum absolute atomic E-state index is 0.000986. The largest absolute Gasteiger partial charge is 0.477 e. The molecule has 20 heavy (non-hydrogen) atoms. The van der Waals surface area contributed by atoms with Crippen LogP contribution in [0.5, 0.6) is 0 Å². The van der Waals surface area contributed by atoms with E-state index in [1.165, 1.54) is 46.3 Å². The summed E-state index contributed by atoms with van der Waals surface area (Å²) in [5.74, 6) is -0.753. The third kappa shape index (κ3) is 2.22. The summed E-state index contributed by atoms with van der Waals surface area (Å²) in [4.78, 5) is 28.2. The van der Waals surface area contributed by atoms with E-state index in [2.05, 4.69) is 9.36 Å². The molecule has 2 aliphatic heterocycles. The van der Waals surface area contributed by atoms with Crippen molar-refractivity contribution < 1.29 is 19.8 Å². The molecule has 3 heterocycles. The number of aliphatic carboxylic acids is 1. The summed E-state index contributed by atoms with van der Waals surface area (Å²) in [5.41, 5.74) is 0.667. The zero-order chi connectivity index (χ0) is 14.3. The number of hydrogen-bond donors (Lipinski definition) is 2. The molecule has 106 valence electrons. The zero-order valence-electron chi connectivity index (χ0n) is 9.92. The number of carbonyl (C=O) groups excluding carboxylic acids is 1. The second-order valence-electron chi connectivity index (χ2n) is 4.11. The maximum Gasteiger partial charge on any atom is 0.352 e. The number of carboxylic acids is 1. The van der Waals surface area contributed by atoms with Gasteiger partial charge >= 0.3 is 5.97 Å². The number of aromatic nitrogens is 2. The summed E-state index contributed by atoms with van der Waals surface area (Å²) >= 11 is 4.02. The summed E-state index contributed by atoms with van der Waals surface area (Å²) in [6.45, 7) is 0. The first-order chi connectivity index (χ1) is 9.59. The summed E-state index contributed by atoms with van der Waals surface area (Å²) in [5, 5.41) is 18.4. The van der Waals surface area contributed by atoms with Crippen LogP contribution < -0.4 is 0 Å². The number of β-lactam (4-membered cyclic amide) rings is 1. The van der Waals surface area contributed by atoms with Gasteiger partial charge in [0, 0.05) is 11.5 Å². The highest BCUT2D eigenvalue weighted by atomic mass is 32.2. The summed E-state index contributed by atoms with van der Waals surface area (Å²) in [6, 6.07) is 0. The lowest BCUT2D eigenvalue weighted by Crippen LogP contribution is -2.64. The first-order valence-corrected chi connectivity index (χ1v) is 8.38. The molecule has 2 N–H and O–H groups in total. The monoisotopic (exact) mass is 331 g/mol. The molecule has 1 amide bonds. The van der Waals surface area contributed by atoms with Crippen LogP contribution in [-0.4, -0.2) is 59.3 Å². The quantitative estimate of drug-likeness (QED) is 0.597. The molecule has 2 aliphatic rings. The second-order valence-corrected chi connectivity index (χ2v) is 7.22. The normalized spacial score (nSPS) is 25.4. The second kappa shape index (κ2) is 5.35. The molecule has 10 heteroatoms. The van der Waals surface area contributed by atoms with Crippen molar-refractivity contribution in [2.45, 2.75) is 15.8 Å². The van der Waals surface area contributed by atoms with Crippen molar-refractivity contribution in [2.24, 2.45) is 0 Å². The van der Waals surface area contributed by atoms with Crippen LogP contribution in [0.2, 0.25) is 0 Å². The predicted molar refractivity (Wildman–Crippen MR) is 74.4 cm³/mol.